The number of carbonyl (C=O) groups is 2. The van der Waals surface area contributed by atoms with Crippen LogP contribution in [0.15, 0.2) is 0 Å². The summed E-state index contributed by atoms with van der Waals surface area (Å²) < 4.78 is 9.75. The van der Waals surface area contributed by atoms with Crippen molar-refractivity contribution in [1.82, 2.24) is 0 Å². The maximum atomic E-state index is 11.3. The summed E-state index contributed by atoms with van der Waals surface area (Å²) in [6.07, 6.45) is -0.992. The van der Waals surface area contributed by atoms with E-state index in [9.17, 15) is 14.7 Å². The van der Waals surface area contributed by atoms with Crippen LogP contribution in [0.3, 0.4) is 0 Å². The Balaban J connectivity index is 5.23. The van der Waals surface area contributed by atoms with Crippen molar-refractivity contribution >= 4 is 11.9 Å². The minimum absolute atomic E-state index is 0.0373. The van der Waals surface area contributed by atoms with Gasteiger partial charge in [-0.05, 0) is 20.3 Å². The molecule has 0 bridgehead atoms. The SMILES string of the molecule is COC(CCC(C(=O)O)(C(=O)O)C(C)(C)O)OC. The molecular formula is C11H20O7. The molecule has 0 fully saturated rings. The monoisotopic (exact) mass is 264 g/mol. The van der Waals surface area contributed by atoms with Gasteiger partial charge in [0, 0.05) is 20.6 Å². The van der Waals surface area contributed by atoms with Gasteiger partial charge >= 0.3 is 11.9 Å². The third kappa shape index (κ3) is 3.18. The summed E-state index contributed by atoms with van der Waals surface area (Å²) >= 11 is 0. The Morgan fingerprint density at radius 1 is 1.11 bits per heavy atom. The predicted octanol–water partition coefficient (Wildman–Crippen LogP) is 0.312. The summed E-state index contributed by atoms with van der Waals surface area (Å²) in [6.45, 7) is 2.31. The zero-order valence-electron chi connectivity index (χ0n) is 11.0. The summed E-state index contributed by atoms with van der Waals surface area (Å²) in [7, 11) is 2.73. The van der Waals surface area contributed by atoms with Crippen LogP contribution in [-0.4, -0.2) is 53.4 Å². The van der Waals surface area contributed by atoms with Crippen LogP contribution in [0.2, 0.25) is 0 Å². The van der Waals surface area contributed by atoms with Gasteiger partial charge in [0.25, 0.3) is 0 Å². The molecule has 106 valence electrons. The molecule has 3 N–H and O–H groups in total. The zero-order valence-corrected chi connectivity index (χ0v) is 11.0. The molecule has 7 nitrogen and oxygen atoms in total. The molecule has 0 unspecified atom stereocenters. The Morgan fingerprint density at radius 2 is 1.50 bits per heavy atom. The van der Waals surface area contributed by atoms with Crippen LogP contribution in [0.1, 0.15) is 26.7 Å². The largest absolute Gasteiger partial charge is 0.480 e. The maximum absolute atomic E-state index is 11.3. The van der Waals surface area contributed by atoms with Crippen LogP contribution < -0.4 is 0 Å². The number of hydrogen-bond donors (Lipinski definition) is 3. The number of aliphatic hydroxyl groups is 1. The van der Waals surface area contributed by atoms with Gasteiger partial charge in [0.05, 0.1) is 5.60 Å². The summed E-state index contributed by atoms with van der Waals surface area (Å²) in [4.78, 5) is 22.6. The maximum Gasteiger partial charge on any atom is 0.324 e. The fourth-order valence-electron chi connectivity index (χ4n) is 1.80. The lowest BCUT2D eigenvalue weighted by Crippen LogP contribution is -2.55. The third-order valence-corrected chi connectivity index (χ3v) is 3.06. The highest BCUT2D eigenvalue weighted by Gasteiger charge is 2.57. The molecular weight excluding hydrogens is 244 g/mol. The van der Waals surface area contributed by atoms with Gasteiger partial charge in [-0.1, -0.05) is 0 Å². The summed E-state index contributed by atoms with van der Waals surface area (Å²) in [5, 5.41) is 28.2. The molecule has 18 heavy (non-hydrogen) atoms. The van der Waals surface area contributed by atoms with Gasteiger partial charge in [0.1, 0.15) is 0 Å². The normalized spacial score (nSPS) is 12.8. The topological polar surface area (TPSA) is 113 Å². The zero-order chi connectivity index (χ0) is 14.6. The van der Waals surface area contributed by atoms with E-state index in [-0.39, 0.29) is 12.8 Å². The lowest BCUT2D eigenvalue weighted by Gasteiger charge is -2.36. The van der Waals surface area contributed by atoms with Crippen molar-refractivity contribution in [2.24, 2.45) is 5.41 Å². The number of carboxylic acids is 2. The first-order chi connectivity index (χ1) is 8.13. The Labute approximate surface area is 105 Å². The number of carboxylic acid groups (broad SMARTS) is 2. The van der Waals surface area contributed by atoms with Crippen molar-refractivity contribution in [3.63, 3.8) is 0 Å². The van der Waals surface area contributed by atoms with E-state index in [2.05, 4.69) is 0 Å². The van der Waals surface area contributed by atoms with E-state index in [0.717, 1.165) is 13.8 Å². The van der Waals surface area contributed by atoms with Gasteiger partial charge in [0.2, 0.25) is 0 Å². The van der Waals surface area contributed by atoms with Crippen LogP contribution >= 0.6 is 0 Å². The second-order valence-corrected chi connectivity index (χ2v) is 4.51. The Bertz CT molecular complexity index is 287. The molecule has 0 atom stereocenters. The van der Waals surface area contributed by atoms with Crippen molar-refractivity contribution in [2.75, 3.05) is 14.2 Å². The quantitative estimate of drug-likeness (QED) is 0.427. The molecule has 0 aliphatic heterocycles. The molecule has 0 aromatic rings. The Morgan fingerprint density at radius 3 is 1.72 bits per heavy atom. The van der Waals surface area contributed by atoms with E-state index in [1.165, 1.54) is 14.2 Å². The Kier molecular flexibility index (Phi) is 5.72. The first-order valence-electron chi connectivity index (χ1n) is 5.38. The van der Waals surface area contributed by atoms with E-state index in [1.807, 2.05) is 0 Å². The van der Waals surface area contributed by atoms with Gasteiger partial charge in [-0.25, -0.2) is 0 Å². The van der Waals surface area contributed by atoms with Crippen molar-refractivity contribution in [3.05, 3.63) is 0 Å². The number of methoxy groups -OCH3 is 2. The predicted molar refractivity (Wildman–Crippen MR) is 61.0 cm³/mol. The minimum atomic E-state index is -2.30. The minimum Gasteiger partial charge on any atom is -0.480 e. The van der Waals surface area contributed by atoms with E-state index in [4.69, 9.17) is 19.7 Å². The first kappa shape index (κ1) is 16.8. The summed E-state index contributed by atoms with van der Waals surface area (Å²) in [5.74, 6) is -3.18. The van der Waals surface area contributed by atoms with Gasteiger partial charge in [-0.15, -0.1) is 0 Å². The first-order valence-corrected chi connectivity index (χ1v) is 5.38. The van der Waals surface area contributed by atoms with Gasteiger partial charge in [-0.3, -0.25) is 9.59 Å². The van der Waals surface area contributed by atoms with E-state index < -0.39 is 29.2 Å². The molecule has 7 heteroatoms. The van der Waals surface area contributed by atoms with Crippen LogP contribution in [-0.2, 0) is 19.1 Å². The number of rotatable bonds is 8. The fraction of sp³-hybridized carbons (Fsp3) is 0.818. The van der Waals surface area contributed by atoms with Crippen molar-refractivity contribution in [1.29, 1.82) is 0 Å². The van der Waals surface area contributed by atoms with Crippen LogP contribution in [0.25, 0.3) is 0 Å². The molecule has 0 spiro atoms. The molecule has 0 aromatic heterocycles. The van der Waals surface area contributed by atoms with Crippen LogP contribution in [0.5, 0.6) is 0 Å². The van der Waals surface area contributed by atoms with Crippen LogP contribution in [0.4, 0.5) is 0 Å². The number of hydrogen-bond acceptors (Lipinski definition) is 5. The third-order valence-electron chi connectivity index (χ3n) is 3.06. The van der Waals surface area contributed by atoms with Crippen molar-refractivity contribution in [2.45, 2.75) is 38.6 Å². The molecule has 0 rings (SSSR count). The fourth-order valence-corrected chi connectivity index (χ4v) is 1.80. The highest BCUT2D eigenvalue weighted by molar-refractivity contribution is 5.99. The second kappa shape index (κ2) is 6.12. The molecule has 0 amide bonds. The smallest absolute Gasteiger partial charge is 0.324 e. The molecule has 0 aromatic carbocycles. The molecule has 0 aliphatic carbocycles. The molecule has 0 heterocycles. The standard InChI is InChI=1S/C11H20O7/c1-10(2,16)11(8(12)13,9(14)15)6-5-7(17-3)18-4/h7,16H,5-6H2,1-4H3,(H,12,13)(H,14,15). The average molecular weight is 264 g/mol. The second-order valence-electron chi connectivity index (χ2n) is 4.51. The Hall–Kier alpha value is -1.18. The number of ether oxygens (including phenoxy) is 2. The molecule has 0 aliphatic rings. The molecule has 0 radical (unpaired) electrons. The van der Waals surface area contributed by atoms with Crippen molar-refractivity contribution in [3.8, 4) is 0 Å². The van der Waals surface area contributed by atoms with Crippen molar-refractivity contribution < 1.29 is 34.4 Å². The molecule has 0 saturated heterocycles. The highest BCUT2D eigenvalue weighted by Crippen LogP contribution is 2.37. The summed E-state index contributed by atoms with van der Waals surface area (Å²) in [6, 6.07) is 0. The van der Waals surface area contributed by atoms with E-state index >= 15 is 0 Å². The van der Waals surface area contributed by atoms with Crippen LogP contribution in [0, 0.1) is 5.41 Å². The highest BCUT2D eigenvalue weighted by atomic mass is 16.7. The van der Waals surface area contributed by atoms with Gasteiger partial charge in [-0.2, -0.15) is 0 Å². The lowest BCUT2D eigenvalue weighted by molar-refractivity contribution is -0.187. The van der Waals surface area contributed by atoms with E-state index in [1.54, 1.807) is 0 Å². The lowest BCUT2D eigenvalue weighted by atomic mass is 9.70. The van der Waals surface area contributed by atoms with Gasteiger partial charge in [0.15, 0.2) is 11.7 Å². The average Bonchev–Trinajstić information content (AvgIpc) is 2.21. The van der Waals surface area contributed by atoms with Gasteiger partial charge < -0.3 is 24.8 Å². The van der Waals surface area contributed by atoms with E-state index in [0.29, 0.717) is 0 Å². The summed E-state index contributed by atoms with van der Waals surface area (Å²) in [5.41, 5.74) is -4.22. The number of aliphatic carboxylic acids is 2. The molecule has 0 saturated carbocycles.